The second kappa shape index (κ2) is 5.58. The first-order chi connectivity index (χ1) is 8.66. The zero-order chi connectivity index (χ0) is 13.0. The van der Waals surface area contributed by atoms with E-state index >= 15 is 0 Å². The number of benzene rings is 1. The van der Waals surface area contributed by atoms with Gasteiger partial charge in [-0.25, -0.2) is 0 Å². The predicted octanol–water partition coefficient (Wildman–Crippen LogP) is 2.18. The fourth-order valence-electron chi connectivity index (χ4n) is 2.08. The molecule has 1 aliphatic carbocycles. The first kappa shape index (κ1) is 12.5. The molecule has 1 atom stereocenters. The molecule has 4 nitrogen and oxygen atoms in total. The average molecular weight is 247 g/mol. The van der Waals surface area contributed by atoms with Gasteiger partial charge in [-0.05, 0) is 43.4 Å². The monoisotopic (exact) mass is 247 g/mol. The molecule has 0 saturated heterocycles. The van der Waals surface area contributed by atoms with E-state index in [2.05, 4.69) is 17.5 Å². The minimum atomic E-state index is -0.349. The van der Waals surface area contributed by atoms with E-state index in [4.69, 9.17) is 0 Å². The van der Waals surface area contributed by atoms with Crippen LogP contribution in [0.2, 0.25) is 0 Å². The quantitative estimate of drug-likeness (QED) is 0.566. The van der Waals surface area contributed by atoms with Crippen molar-refractivity contribution >= 4 is 5.91 Å². The van der Waals surface area contributed by atoms with E-state index in [-0.39, 0.29) is 23.0 Å². The minimum absolute atomic E-state index is 0.0291. The van der Waals surface area contributed by atoms with Gasteiger partial charge in [-0.3, -0.25) is 4.79 Å². The van der Waals surface area contributed by atoms with Crippen LogP contribution in [0.25, 0.3) is 0 Å². The van der Waals surface area contributed by atoms with E-state index in [1.54, 1.807) is 0 Å². The molecule has 1 amide bonds. The van der Waals surface area contributed by atoms with Crippen molar-refractivity contribution < 1.29 is 15.0 Å². The van der Waals surface area contributed by atoms with Gasteiger partial charge in [0.1, 0.15) is 11.5 Å². The van der Waals surface area contributed by atoms with Crippen LogP contribution in [0.5, 0.6) is 11.5 Å². The summed E-state index contributed by atoms with van der Waals surface area (Å²) in [5, 5.41) is 21.7. The van der Waals surface area contributed by atoms with Crippen molar-refractivity contribution in [2.24, 2.45) is 5.92 Å². The number of allylic oxidation sites excluding steroid dienone is 2. The molecule has 1 unspecified atom stereocenters. The third-order valence-electron chi connectivity index (χ3n) is 3.15. The Morgan fingerprint density at radius 1 is 1.33 bits per heavy atom. The van der Waals surface area contributed by atoms with Crippen LogP contribution in [-0.4, -0.2) is 22.7 Å². The lowest BCUT2D eigenvalue weighted by atomic mass is 9.94. The molecule has 0 aliphatic heterocycles. The molecule has 0 saturated carbocycles. The molecule has 96 valence electrons. The molecule has 0 fully saturated rings. The summed E-state index contributed by atoms with van der Waals surface area (Å²) in [5.41, 5.74) is 0.112. The maximum atomic E-state index is 11.9. The molecule has 0 bridgehead atoms. The number of rotatable bonds is 3. The second-order valence-electron chi connectivity index (χ2n) is 4.56. The van der Waals surface area contributed by atoms with E-state index in [1.807, 2.05) is 0 Å². The van der Waals surface area contributed by atoms with Crippen molar-refractivity contribution in [3.8, 4) is 11.5 Å². The number of carbonyl (C=O) groups excluding carboxylic acids is 1. The van der Waals surface area contributed by atoms with Gasteiger partial charge in [-0.15, -0.1) is 0 Å². The number of phenolic OH excluding ortho intramolecular Hbond substituents is 2. The maximum Gasteiger partial charge on any atom is 0.255 e. The standard InChI is InChI=1S/C14H17NO3/c16-11-6-7-13(17)12(8-11)14(18)15-9-10-4-2-1-3-5-10/h1-2,6-8,10,16-17H,3-5,9H2,(H,15,18). The minimum Gasteiger partial charge on any atom is -0.508 e. The number of hydrogen-bond donors (Lipinski definition) is 3. The molecule has 4 heteroatoms. The van der Waals surface area contributed by atoms with Crippen molar-refractivity contribution in [3.63, 3.8) is 0 Å². The van der Waals surface area contributed by atoms with Gasteiger partial charge in [-0.2, -0.15) is 0 Å². The van der Waals surface area contributed by atoms with Crippen molar-refractivity contribution in [1.82, 2.24) is 5.32 Å². The van der Waals surface area contributed by atoms with Crippen LogP contribution in [-0.2, 0) is 0 Å². The summed E-state index contributed by atoms with van der Waals surface area (Å²) in [5.74, 6) is -0.0382. The summed E-state index contributed by atoms with van der Waals surface area (Å²) in [6.07, 6.45) is 7.39. The van der Waals surface area contributed by atoms with Gasteiger partial charge in [0.25, 0.3) is 5.91 Å². The summed E-state index contributed by atoms with van der Waals surface area (Å²) >= 11 is 0. The summed E-state index contributed by atoms with van der Waals surface area (Å²) in [6, 6.07) is 3.93. The first-order valence-electron chi connectivity index (χ1n) is 6.12. The van der Waals surface area contributed by atoms with Crippen LogP contribution in [0.1, 0.15) is 29.6 Å². The van der Waals surface area contributed by atoms with E-state index in [1.165, 1.54) is 18.2 Å². The van der Waals surface area contributed by atoms with Crippen LogP contribution >= 0.6 is 0 Å². The molecule has 1 aliphatic rings. The van der Waals surface area contributed by atoms with Gasteiger partial charge in [0.2, 0.25) is 0 Å². The normalized spacial score (nSPS) is 18.6. The first-order valence-corrected chi connectivity index (χ1v) is 6.12. The van der Waals surface area contributed by atoms with Crippen LogP contribution in [0.15, 0.2) is 30.4 Å². The van der Waals surface area contributed by atoms with Crippen molar-refractivity contribution in [2.45, 2.75) is 19.3 Å². The lowest BCUT2D eigenvalue weighted by Gasteiger charge is -2.18. The lowest BCUT2D eigenvalue weighted by molar-refractivity contribution is 0.0943. The smallest absolute Gasteiger partial charge is 0.255 e. The Balaban J connectivity index is 1.95. The Morgan fingerprint density at radius 3 is 2.89 bits per heavy atom. The zero-order valence-corrected chi connectivity index (χ0v) is 10.1. The predicted molar refractivity (Wildman–Crippen MR) is 68.6 cm³/mol. The van der Waals surface area contributed by atoms with Gasteiger partial charge in [0.05, 0.1) is 5.56 Å². The second-order valence-corrected chi connectivity index (χ2v) is 4.56. The molecule has 0 heterocycles. The molecule has 0 radical (unpaired) electrons. The molecule has 0 aromatic heterocycles. The third-order valence-corrected chi connectivity index (χ3v) is 3.15. The maximum absolute atomic E-state index is 11.9. The Hall–Kier alpha value is -1.97. The molecule has 2 rings (SSSR count). The number of amides is 1. The van der Waals surface area contributed by atoms with E-state index < -0.39 is 0 Å². The Bertz CT molecular complexity index is 468. The van der Waals surface area contributed by atoms with Gasteiger partial charge in [0, 0.05) is 6.54 Å². The van der Waals surface area contributed by atoms with Crippen molar-refractivity contribution in [2.75, 3.05) is 6.54 Å². The van der Waals surface area contributed by atoms with E-state index in [9.17, 15) is 15.0 Å². The number of aromatic hydroxyl groups is 2. The molecular weight excluding hydrogens is 230 g/mol. The largest absolute Gasteiger partial charge is 0.508 e. The average Bonchev–Trinajstić information content (AvgIpc) is 2.40. The number of carbonyl (C=O) groups is 1. The molecule has 0 spiro atoms. The highest BCUT2D eigenvalue weighted by atomic mass is 16.3. The fraction of sp³-hybridized carbons (Fsp3) is 0.357. The van der Waals surface area contributed by atoms with Crippen molar-refractivity contribution in [1.29, 1.82) is 0 Å². The van der Waals surface area contributed by atoms with Gasteiger partial charge < -0.3 is 15.5 Å². The van der Waals surface area contributed by atoms with Gasteiger partial charge in [0.15, 0.2) is 0 Å². The van der Waals surface area contributed by atoms with Gasteiger partial charge in [-0.1, -0.05) is 12.2 Å². The Morgan fingerprint density at radius 2 is 2.17 bits per heavy atom. The van der Waals surface area contributed by atoms with Crippen LogP contribution in [0.4, 0.5) is 0 Å². The van der Waals surface area contributed by atoms with Gasteiger partial charge >= 0.3 is 0 Å². The molecular formula is C14H17NO3. The Kier molecular flexibility index (Phi) is 3.87. The van der Waals surface area contributed by atoms with Crippen LogP contribution < -0.4 is 5.32 Å². The van der Waals surface area contributed by atoms with Crippen LogP contribution in [0, 0.1) is 5.92 Å². The highest BCUT2D eigenvalue weighted by Gasteiger charge is 2.15. The van der Waals surface area contributed by atoms with E-state index in [0.29, 0.717) is 12.5 Å². The van der Waals surface area contributed by atoms with E-state index in [0.717, 1.165) is 19.3 Å². The number of nitrogens with one attached hydrogen (secondary N) is 1. The summed E-state index contributed by atoms with van der Waals surface area (Å²) < 4.78 is 0. The highest BCUT2D eigenvalue weighted by Crippen LogP contribution is 2.22. The lowest BCUT2D eigenvalue weighted by Crippen LogP contribution is -2.29. The van der Waals surface area contributed by atoms with Crippen molar-refractivity contribution in [3.05, 3.63) is 35.9 Å². The topological polar surface area (TPSA) is 69.6 Å². The Labute approximate surface area is 106 Å². The molecule has 18 heavy (non-hydrogen) atoms. The SMILES string of the molecule is O=C(NCC1CC=CCC1)c1cc(O)ccc1O. The third kappa shape index (κ3) is 3.03. The summed E-state index contributed by atoms with van der Waals surface area (Å²) in [6.45, 7) is 0.596. The number of hydrogen-bond acceptors (Lipinski definition) is 3. The zero-order valence-electron chi connectivity index (χ0n) is 10.1. The van der Waals surface area contributed by atoms with Crippen LogP contribution in [0.3, 0.4) is 0 Å². The molecule has 1 aromatic carbocycles. The molecule has 1 aromatic rings. The summed E-state index contributed by atoms with van der Waals surface area (Å²) in [7, 11) is 0. The highest BCUT2D eigenvalue weighted by molar-refractivity contribution is 5.97. The fourth-order valence-corrected chi connectivity index (χ4v) is 2.08. The summed E-state index contributed by atoms with van der Waals surface area (Å²) in [4.78, 5) is 11.9. The molecule has 3 N–H and O–H groups in total. The number of phenols is 2.